The number of imidazole rings is 1. The van der Waals surface area contributed by atoms with Gasteiger partial charge in [-0.25, -0.2) is 4.98 Å². The summed E-state index contributed by atoms with van der Waals surface area (Å²) in [6.07, 6.45) is 3.91. The molecule has 7 heteroatoms. The quantitative estimate of drug-likeness (QED) is 0.222. The first-order valence-corrected chi connectivity index (χ1v) is 12.7. The summed E-state index contributed by atoms with van der Waals surface area (Å²) in [6, 6.07) is 22.3. The molecule has 1 fully saturated rings. The Kier molecular flexibility index (Phi) is 7.40. The van der Waals surface area contributed by atoms with Crippen molar-refractivity contribution in [2.24, 2.45) is 4.99 Å². The highest BCUT2D eigenvalue weighted by Crippen LogP contribution is 2.31. The number of morpholine rings is 1. The average Bonchev–Trinajstić information content (AvgIpc) is 3.43. The Labute approximate surface area is 222 Å². The molecule has 188 valence electrons. The van der Waals surface area contributed by atoms with Crippen molar-refractivity contribution >= 4 is 34.9 Å². The highest BCUT2D eigenvalue weighted by Gasteiger charge is 2.19. The van der Waals surface area contributed by atoms with Crippen molar-refractivity contribution in [2.45, 2.75) is 13.0 Å². The second-order valence-electron chi connectivity index (χ2n) is 9.01. The average molecular weight is 512 g/mol. The fourth-order valence-corrected chi connectivity index (χ4v) is 4.78. The normalized spacial score (nSPS) is 16.0. The summed E-state index contributed by atoms with van der Waals surface area (Å²) in [4.78, 5) is 14.9. The molecule has 0 saturated carbocycles. The van der Waals surface area contributed by atoms with Crippen LogP contribution in [0, 0.1) is 0 Å². The summed E-state index contributed by atoms with van der Waals surface area (Å²) in [5, 5.41) is 4.09. The maximum atomic E-state index is 6.58. The standard InChI is InChI=1S/C30H30ClN5O/c1-4-21-16-24(36-14-15-37-20(2)19-36)11-12-25(21)29(32-3)34-23-10-13-27(31)26(17-23)30-33-18-28(35-30)22-8-6-5-7-9-22/h4-13,16-18,20H,1,14-15,19H2,2-3H3,(H,32,34)(H,33,35)/t20-/m1/s1. The molecule has 5 rings (SSSR count). The minimum absolute atomic E-state index is 0.215. The molecule has 2 N–H and O–H groups in total. The fourth-order valence-electron chi connectivity index (χ4n) is 4.57. The SMILES string of the molecule is C=Cc1cc(N2CCO[C@H](C)C2)ccc1C(=NC)Nc1ccc(Cl)c(-c2ncc(-c3ccccc3)[nH]2)c1. The van der Waals surface area contributed by atoms with E-state index in [4.69, 9.17) is 16.3 Å². The van der Waals surface area contributed by atoms with Gasteiger partial charge >= 0.3 is 0 Å². The third-order valence-corrected chi connectivity index (χ3v) is 6.81. The molecule has 1 saturated heterocycles. The van der Waals surface area contributed by atoms with Gasteiger partial charge in [0.15, 0.2) is 0 Å². The number of H-pyrrole nitrogens is 1. The summed E-state index contributed by atoms with van der Waals surface area (Å²) in [6.45, 7) is 8.63. The third kappa shape index (κ3) is 5.45. The van der Waals surface area contributed by atoms with Gasteiger partial charge < -0.3 is 19.9 Å². The number of anilines is 2. The van der Waals surface area contributed by atoms with Crippen molar-refractivity contribution < 1.29 is 4.74 Å². The van der Waals surface area contributed by atoms with Crippen molar-refractivity contribution in [2.75, 3.05) is 37.0 Å². The van der Waals surface area contributed by atoms with Crippen LogP contribution in [0.5, 0.6) is 0 Å². The van der Waals surface area contributed by atoms with E-state index in [1.54, 1.807) is 7.05 Å². The van der Waals surface area contributed by atoms with Crippen molar-refractivity contribution in [3.8, 4) is 22.6 Å². The topological polar surface area (TPSA) is 65.5 Å². The van der Waals surface area contributed by atoms with Crippen molar-refractivity contribution in [1.82, 2.24) is 9.97 Å². The van der Waals surface area contributed by atoms with E-state index in [2.05, 4.69) is 56.9 Å². The molecule has 1 aromatic heterocycles. The zero-order valence-corrected chi connectivity index (χ0v) is 21.8. The summed E-state index contributed by atoms with van der Waals surface area (Å²) < 4.78 is 5.70. The van der Waals surface area contributed by atoms with Gasteiger partial charge in [0, 0.05) is 42.6 Å². The molecule has 1 aliphatic heterocycles. The molecule has 0 amide bonds. The van der Waals surface area contributed by atoms with E-state index in [9.17, 15) is 0 Å². The Balaban J connectivity index is 1.40. The van der Waals surface area contributed by atoms with Gasteiger partial charge in [-0.15, -0.1) is 0 Å². The monoisotopic (exact) mass is 511 g/mol. The number of nitrogens with zero attached hydrogens (tertiary/aromatic N) is 3. The van der Waals surface area contributed by atoms with Crippen LogP contribution in [0.15, 0.2) is 84.5 Å². The molecule has 0 unspecified atom stereocenters. The van der Waals surface area contributed by atoms with Crippen LogP contribution in [-0.2, 0) is 4.74 Å². The van der Waals surface area contributed by atoms with Crippen LogP contribution in [0.2, 0.25) is 5.02 Å². The number of aliphatic imine (C=N–C) groups is 1. The number of halogens is 1. The Morgan fingerprint density at radius 1 is 1.19 bits per heavy atom. The second kappa shape index (κ2) is 11.0. The van der Waals surface area contributed by atoms with E-state index in [0.717, 1.165) is 64.9 Å². The molecule has 0 bridgehead atoms. The van der Waals surface area contributed by atoms with E-state index in [1.807, 2.05) is 60.8 Å². The number of aromatic nitrogens is 2. The zero-order chi connectivity index (χ0) is 25.8. The van der Waals surface area contributed by atoms with Crippen molar-refractivity contribution in [3.63, 3.8) is 0 Å². The van der Waals surface area contributed by atoms with Gasteiger partial charge in [-0.05, 0) is 54.4 Å². The lowest BCUT2D eigenvalue weighted by Gasteiger charge is -2.33. The number of amidine groups is 1. The molecule has 4 aromatic rings. The minimum Gasteiger partial charge on any atom is -0.375 e. The van der Waals surface area contributed by atoms with E-state index >= 15 is 0 Å². The lowest BCUT2D eigenvalue weighted by atomic mass is 10.0. The predicted molar refractivity (Wildman–Crippen MR) is 155 cm³/mol. The number of ether oxygens (including phenoxy) is 1. The van der Waals surface area contributed by atoms with E-state index in [-0.39, 0.29) is 6.10 Å². The first-order chi connectivity index (χ1) is 18.1. The number of hydrogen-bond donors (Lipinski definition) is 2. The lowest BCUT2D eigenvalue weighted by molar-refractivity contribution is 0.0532. The molecule has 1 aliphatic rings. The van der Waals surface area contributed by atoms with E-state index < -0.39 is 0 Å². The van der Waals surface area contributed by atoms with Gasteiger partial charge in [0.1, 0.15) is 11.7 Å². The van der Waals surface area contributed by atoms with Gasteiger partial charge in [0.2, 0.25) is 0 Å². The molecule has 0 radical (unpaired) electrons. The summed E-state index contributed by atoms with van der Waals surface area (Å²) in [5.74, 6) is 1.45. The van der Waals surface area contributed by atoms with Crippen LogP contribution >= 0.6 is 11.6 Å². The van der Waals surface area contributed by atoms with Crippen molar-refractivity contribution in [3.05, 3.63) is 95.7 Å². The Morgan fingerprint density at radius 2 is 2.03 bits per heavy atom. The zero-order valence-electron chi connectivity index (χ0n) is 21.0. The number of aromatic amines is 1. The second-order valence-corrected chi connectivity index (χ2v) is 9.41. The number of benzene rings is 3. The van der Waals surface area contributed by atoms with Crippen LogP contribution in [0.4, 0.5) is 11.4 Å². The van der Waals surface area contributed by atoms with Crippen LogP contribution in [0.3, 0.4) is 0 Å². The van der Waals surface area contributed by atoms with Crippen LogP contribution in [-0.4, -0.2) is 48.7 Å². The third-order valence-electron chi connectivity index (χ3n) is 6.48. The Bertz CT molecular complexity index is 1430. The summed E-state index contributed by atoms with van der Waals surface area (Å²) in [7, 11) is 1.78. The molecule has 37 heavy (non-hydrogen) atoms. The molecule has 2 heterocycles. The maximum absolute atomic E-state index is 6.58. The molecule has 3 aromatic carbocycles. The number of hydrogen-bond acceptors (Lipinski definition) is 4. The van der Waals surface area contributed by atoms with Gasteiger partial charge in [-0.2, -0.15) is 0 Å². The molecule has 1 atom stereocenters. The summed E-state index contributed by atoms with van der Waals surface area (Å²) >= 11 is 6.58. The minimum atomic E-state index is 0.215. The van der Waals surface area contributed by atoms with Crippen LogP contribution in [0.1, 0.15) is 18.1 Å². The Hall–Kier alpha value is -3.87. The van der Waals surface area contributed by atoms with Crippen LogP contribution < -0.4 is 10.2 Å². The lowest BCUT2D eigenvalue weighted by Crippen LogP contribution is -2.41. The molecule has 0 spiro atoms. The number of rotatable bonds is 6. The molecular formula is C30H30ClN5O. The number of nitrogens with one attached hydrogen (secondary N) is 2. The predicted octanol–water partition coefficient (Wildman–Crippen LogP) is 6.75. The first-order valence-electron chi connectivity index (χ1n) is 12.3. The largest absolute Gasteiger partial charge is 0.375 e. The van der Waals surface area contributed by atoms with Crippen molar-refractivity contribution in [1.29, 1.82) is 0 Å². The first kappa shape index (κ1) is 24.8. The molecule has 6 nitrogen and oxygen atoms in total. The highest BCUT2D eigenvalue weighted by atomic mass is 35.5. The Morgan fingerprint density at radius 3 is 2.78 bits per heavy atom. The molecular weight excluding hydrogens is 482 g/mol. The van der Waals surface area contributed by atoms with E-state index in [1.165, 1.54) is 0 Å². The molecule has 0 aliphatic carbocycles. The fraction of sp³-hybridized carbons (Fsp3) is 0.200. The van der Waals surface area contributed by atoms with E-state index in [0.29, 0.717) is 10.8 Å². The summed E-state index contributed by atoms with van der Waals surface area (Å²) in [5.41, 5.74) is 6.82. The van der Waals surface area contributed by atoms with Crippen LogP contribution in [0.25, 0.3) is 28.7 Å². The van der Waals surface area contributed by atoms with Gasteiger partial charge in [-0.3, -0.25) is 4.99 Å². The van der Waals surface area contributed by atoms with Gasteiger partial charge in [-0.1, -0.05) is 54.6 Å². The highest BCUT2D eigenvalue weighted by molar-refractivity contribution is 6.33. The van der Waals surface area contributed by atoms with Gasteiger partial charge in [0.25, 0.3) is 0 Å². The smallest absolute Gasteiger partial charge is 0.139 e. The maximum Gasteiger partial charge on any atom is 0.139 e. The van der Waals surface area contributed by atoms with Gasteiger partial charge in [0.05, 0.1) is 29.6 Å².